The number of piperidine rings is 1. The van der Waals surface area contributed by atoms with Gasteiger partial charge in [0.2, 0.25) is 0 Å². The standard InChI is InChI=1S/C15H19N5O8S/c21-13(18(15(23)24)7-6-17-10-2-1-5-16-8-10)12-4-3-11-9-19(12)14(22)20(11)28-29(25,26)27/h1-2,5,8,11-12,17H,3-4,6-7,9H2,(H,23,24)(H,25,26,27)/t11-,12+/m1/s1. The van der Waals surface area contributed by atoms with E-state index in [2.05, 4.69) is 14.6 Å². The second-order valence-electron chi connectivity index (χ2n) is 6.45. The van der Waals surface area contributed by atoms with Crippen LogP contribution in [-0.2, 0) is 19.5 Å². The van der Waals surface area contributed by atoms with Gasteiger partial charge >= 0.3 is 22.5 Å². The summed E-state index contributed by atoms with van der Waals surface area (Å²) in [6.07, 6.45) is 1.98. The molecule has 2 atom stereocenters. The van der Waals surface area contributed by atoms with Crippen molar-refractivity contribution in [2.45, 2.75) is 24.9 Å². The minimum atomic E-state index is -4.91. The van der Waals surface area contributed by atoms with Gasteiger partial charge in [-0.1, -0.05) is 0 Å². The Hall–Kier alpha value is -2.97. The van der Waals surface area contributed by atoms with Gasteiger partial charge in [-0.05, 0) is 25.0 Å². The Labute approximate surface area is 165 Å². The molecule has 3 heterocycles. The van der Waals surface area contributed by atoms with Crippen molar-refractivity contribution in [3.63, 3.8) is 0 Å². The van der Waals surface area contributed by atoms with Crippen LogP contribution < -0.4 is 5.32 Å². The van der Waals surface area contributed by atoms with Crippen LogP contribution in [-0.4, -0.2) is 87.7 Å². The van der Waals surface area contributed by atoms with Crippen molar-refractivity contribution >= 4 is 34.1 Å². The number of fused-ring (bicyclic) bond motifs is 2. The molecule has 13 nitrogen and oxygen atoms in total. The third-order valence-corrected chi connectivity index (χ3v) is 4.95. The summed E-state index contributed by atoms with van der Waals surface area (Å²) in [4.78, 5) is 42.3. The number of carboxylic acid groups (broad SMARTS) is 1. The fourth-order valence-corrected chi connectivity index (χ4v) is 3.74. The maximum atomic E-state index is 12.8. The number of anilines is 1. The second kappa shape index (κ2) is 8.18. The quantitative estimate of drug-likeness (QED) is 0.501. The molecule has 14 heteroatoms. The highest BCUT2D eigenvalue weighted by molar-refractivity contribution is 7.80. The fraction of sp³-hybridized carbons (Fsp3) is 0.467. The van der Waals surface area contributed by atoms with Crippen LogP contribution in [0.5, 0.6) is 0 Å². The first-order chi connectivity index (χ1) is 13.7. The van der Waals surface area contributed by atoms with E-state index in [1.807, 2.05) is 0 Å². The zero-order chi connectivity index (χ0) is 21.2. The Balaban J connectivity index is 1.66. The van der Waals surface area contributed by atoms with Crippen LogP contribution in [0.15, 0.2) is 24.5 Å². The van der Waals surface area contributed by atoms with Gasteiger partial charge in [0.25, 0.3) is 5.91 Å². The average molecular weight is 429 g/mol. The topological polar surface area (TPSA) is 170 Å². The van der Waals surface area contributed by atoms with Crippen LogP contribution in [0.4, 0.5) is 15.3 Å². The van der Waals surface area contributed by atoms with E-state index < -0.39 is 40.5 Å². The minimum absolute atomic E-state index is 0.0217. The summed E-state index contributed by atoms with van der Waals surface area (Å²) in [5.74, 6) is -0.800. The maximum absolute atomic E-state index is 12.8. The van der Waals surface area contributed by atoms with Crippen molar-refractivity contribution < 1.29 is 36.7 Å². The van der Waals surface area contributed by atoms with Crippen molar-refractivity contribution in [3.05, 3.63) is 24.5 Å². The molecular weight excluding hydrogens is 410 g/mol. The molecule has 0 saturated carbocycles. The summed E-state index contributed by atoms with van der Waals surface area (Å²) >= 11 is 0. The Kier molecular flexibility index (Phi) is 5.86. The second-order valence-corrected chi connectivity index (χ2v) is 7.46. The van der Waals surface area contributed by atoms with Crippen LogP contribution in [0, 0.1) is 0 Å². The van der Waals surface area contributed by atoms with E-state index in [-0.39, 0.29) is 32.5 Å². The molecule has 2 aliphatic rings. The van der Waals surface area contributed by atoms with Crippen molar-refractivity contribution in [1.82, 2.24) is 19.8 Å². The fourth-order valence-electron chi connectivity index (χ4n) is 3.35. The molecule has 1 aromatic heterocycles. The third-order valence-electron chi connectivity index (χ3n) is 4.61. The molecule has 2 bridgehead atoms. The molecule has 0 aliphatic carbocycles. The molecule has 2 fully saturated rings. The van der Waals surface area contributed by atoms with Gasteiger partial charge in [0.1, 0.15) is 6.04 Å². The number of pyridine rings is 1. The van der Waals surface area contributed by atoms with Crippen LogP contribution in [0.25, 0.3) is 0 Å². The lowest BCUT2D eigenvalue weighted by Gasteiger charge is -2.32. The molecule has 3 rings (SSSR count). The van der Waals surface area contributed by atoms with E-state index >= 15 is 0 Å². The summed E-state index contributed by atoms with van der Waals surface area (Å²) in [7, 11) is -4.91. The largest absolute Gasteiger partial charge is 0.465 e. The minimum Gasteiger partial charge on any atom is -0.465 e. The first kappa shape index (κ1) is 20.8. The number of nitrogens with one attached hydrogen (secondary N) is 1. The van der Waals surface area contributed by atoms with Gasteiger partial charge in [-0.2, -0.15) is 13.5 Å². The van der Waals surface area contributed by atoms with E-state index in [1.165, 1.54) is 0 Å². The predicted octanol–water partition coefficient (Wildman–Crippen LogP) is 0.00310. The van der Waals surface area contributed by atoms with Gasteiger partial charge < -0.3 is 15.3 Å². The first-order valence-electron chi connectivity index (χ1n) is 8.62. The van der Waals surface area contributed by atoms with E-state index in [1.54, 1.807) is 24.5 Å². The van der Waals surface area contributed by atoms with Crippen molar-refractivity contribution in [1.29, 1.82) is 0 Å². The third kappa shape index (κ3) is 4.72. The smallest absolute Gasteiger partial charge is 0.418 e. The molecule has 2 aliphatic heterocycles. The summed E-state index contributed by atoms with van der Waals surface area (Å²) in [6, 6.07) is 0.748. The Morgan fingerprint density at radius 3 is 2.76 bits per heavy atom. The van der Waals surface area contributed by atoms with E-state index in [0.717, 1.165) is 4.90 Å². The molecule has 4 amide bonds. The molecule has 0 spiro atoms. The average Bonchev–Trinajstić information content (AvgIpc) is 2.89. The molecule has 2 saturated heterocycles. The Morgan fingerprint density at radius 2 is 2.14 bits per heavy atom. The summed E-state index contributed by atoms with van der Waals surface area (Å²) in [6.45, 7) is -0.0621. The van der Waals surface area contributed by atoms with E-state index in [4.69, 9.17) is 4.55 Å². The molecule has 0 radical (unpaired) electrons. The number of urea groups is 1. The summed E-state index contributed by atoms with van der Waals surface area (Å²) < 4.78 is 35.0. The van der Waals surface area contributed by atoms with Crippen LogP contribution in [0.1, 0.15) is 12.8 Å². The van der Waals surface area contributed by atoms with Gasteiger partial charge in [0.05, 0.1) is 11.7 Å². The highest BCUT2D eigenvalue weighted by atomic mass is 32.3. The summed E-state index contributed by atoms with van der Waals surface area (Å²) in [5.41, 5.74) is 0.651. The molecule has 158 valence electrons. The Morgan fingerprint density at radius 1 is 1.38 bits per heavy atom. The van der Waals surface area contributed by atoms with E-state index in [0.29, 0.717) is 15.7 Å². The number of carbonyl (C=O) groups excluding carboxylic acids is 2. The summed E-state index contributed by atoms with van der Waals surface area (Å²) in [5, 5.41) is 12.9. The van der Waals surface area contributed by atoms with Gasteiger partial charge in [-0.15, -0.1) is 4.28 Å². The number of hydrogen-bond acceptors (Lipinski definition) is 8. The van der Waals surface area contributed by atoms with Gasteiger partial charge in [0.15, 0.2) is 0 Å². The van der Waals surface area contributed by atoms with Crippen molar-refractivity contribution in [2.24, 2.45) is 0 Å². The number of amides is 4. The normalized spacial score (nSPS) is 21.2. The Bertz CT molecular complexity index is 895. The van der Waals surface area contributed by atoms with Crippen LogP contribution >= 0.6 is 0 Å². The van der Waals surface area contributed by atoms with Crippen LogP contribution in [0.3, 0.4) is 0 Å². The molecule has 3 N–H and O–H groups in total. The molecule has 1 aromatic rings. The number of rotatable bonds is 7. The van der Waals surface area contributed by atoms with Crippen LogP contribution in [0.2, 0.25) is 0 Å². The SMILES string of the molecule is O=C(O)N(CCNc1cccnc1)C(=O)[C@@H]1CC[C@@H]2CN1C(=O)N2OS(=O)(=O)O. The first-order valence-corrected chi connectivity index (χ1v) is 9.99. The number of nitrogens with zero attached hydrogens (tertiary/aromatic N) is 4. The highest BCUT2D eigenvalue weighted by Gasteiger charge is 2.50. The lowest BCUT2D eigenvalue weighted by molar-refractivity contribution is -0.134. The number of imide groups is 1. The molecule has 0 unspecified atom stereocenters. The zero-order valence-electron chi connectivity index (χ0n) is 15.0. The number of carbonyl (C=O) groups is 3. The lowest BCUT2D eigenvalue weighted by atomic mass is 10.00. The predicted molar refractivity (Wildman–Crippen MR) is 95.8 cm³/mol. The van der Waals surface area contributed by atoms with Crippen molar-refractivity contribution in [2.75, 3.05) is 25.0 Å². The van der Waals surface area contributed by atoms with Gasteiger partial charge in [-0.25, -0.2) is 14.5 Å². The lowest BCUT2D eigenvalue weighted by Crippen LogP contribution is -2.53. The molecular formula is C15H19N5O8S. The zero-order valence-corrected chi connectivity index (χ0v) is 15.9. The highest BCUT2D eigenvalue weighted by Crippen LogP contribution is 2.31. The molecule has 29 heavy (non-hydrogen) atoms. The number of hydroxylamine groups is 2. The molecule has 0 aromatic carbocycles. The maximum Gasteiger partial charge on any atom is 0.418 e. The van der Waals surface area contributed by atoms with Crippen molar-refractivity contribution in [3.8, 4) is 0 Å². The number of hydrogen-bond donors (Lipinski definition) is 3. The monoisotopic (exact) mass is 429 g/mol. The number of aromatic nitrogens is 1. The van der Waals surface area contributed by atoms with E-state index in [9.17, 15) is 27.9 Å². The van der Waals surface area contributed by atoms with Gasteiger partial charge in [0, 0.05) is 32.0 Å². The van der Waals surface area contributed by atoms with Gasteiger partial charge in [-0.3, -0.25) is 14.3 Å².